The van der Waals surface area contributed by atoms with Crippen molar-refractivity contribution in [3.8, 4) is 0 Å². The number of fused-ring (bicyclic) bond motifs is 3. The van der Waals surface area contributed by atoms with E-state index in [1.54, 1.807) is 11.1 Å². The second kappa shape index (κ2) is 4.13. The van der Waals surface area contributed by atoms with Gasteiger partial charge in [0.1, 0.15) is 0 Å². The van der Waals surface area contributed by atoms with Crippen molar-refractivity contribution in [2.75, 3.05) is 0 Å². The topological polar surface area (TPSA) is 0 Å². The molecule has 0 heterocycles. The molecule has 1 saturated carbocycles. The minimum atomic E-state index is 0. The van der Waals surface area contributed by atoms with E-state index in [4.69, 9.17) is 0 Å². The van der Waals surface area contributed by atoms with Gasteiger partial charge in [0, 0.05) is 0 Å². The molecular formula is C13H17Li. The SMILES string of the molecule is [LiH].c1ccc2c(c1)CC1CCCCC21. The van der Waals surface area contributed by atoms with Crippen molar-refractivity contribution in [3.05, 3.63) is 35.4 Å². The molecular weight excluding hydrogens is 163 g/mol. The largest absolute Gasteiger partial charge is 0.0620 e. The Morgan fingerprint density at radius 3 is 2.71 bits per heavy atom. The van der Waals surface area contributed by atoms with Crippen molar-refractivity contribution in [2.45, 2.75) is 38.0 Å². The van der Waals surface area contributed by atoms with Crippen molar-refractivity contribution < 1.29 is 0 Å². The van der Waals surface area contributed by atoms with Crippen LogP contribution >= 0.6 is 0 Å². The fourth-order valence-corrected chi connectivity index (χ4v) is 3.23. The van der Waals surface area contributed by atoms with Crippen LogP contribution < -0.4 is 0 Å². The Kier molecular flexibility index (Phi) is 3.05. The van der Waals surface area contributed by atoms with E-state index in [2.05, 4.69) is 24.3 Å². The van der Waals surface area contributed by atoms with E-state index in [9.17, 15) is 0 Å². The average Bonchev–Trinajstić information content (AvgIpc) is 2.56. The number of hydrogen-bond donors (Lipinski definition) is 0. The molecule has 0 amide bonds. The van der Waals surface area contributed by atoms with Crippen molar-refractivity contribution in [2.24, 2.45) is 5.92 Å². The summed E-state index contributed by atoms with van der Waals surface area (Å²) in [4.78, 5) is 0. The molecule has 70 valence electrons. The Bertz CT molecular complexity index is 319. The number of hydrogen-bond acceptors (Lipinski definition) is 0. The van der Waals surface area contributed by atoms with E-state index in [-0.39, 0.29) is 18.9 Å². The second-order valence-electron chi connectivity index (χ2n) is 4.55. The van der Waals surface area contributed by atoms with Crippen LogP contribution in [-0.2, 0) is 6.42 Å². The molecule has 0 saturated heterocycles. The molecule has 1 aromatic carbocycles. The number of benzene rings is 1. The van der Waals surface area contributed by atoms with Crippen LogP contribution in [0.15, 0.2) is 24.3 Å². The van der Waals surface area contributed by atoms with E-state index in [1.165, 1.54) is 32.1 Å². The molecule has 1 fully saturated rings. The van der Waals surface area contributed by atoms with Gasteiger partial charge in [0.15, 0.2) is 0 Å². The summed E-state index contributed by atoms with van der Waals surface area (Å²) >= 11 is 0. The first-order valence-electron chi connectivity index (χ1n) is 5.53. The maximum absolute atomic E-state index is 2.35. The van der Waals surface area contributed by atoms with Crippen molar-refractivity contribution in [3.63, 3.8) is 0 Å². The van der Waals surface area contributed by atoms with Gasteiger partial charge < -0.3 is 0 Å². The predicted molar refractivity (Wildman–Crippen MR) is 62.0 cm³/mol. The third-order valence-corrected chi connectivity index (χ3v) is 3.85. The smallest absolute Gasteiger partial charge is 0.0128 e. The minimum absolute atomic E-state index is 0. The molecule has 0 spiro atoms. The standard InChI is InChI=1S/C13H16.Li.H/c1-3-7-12-10(5-1)9-11-6-2-4-8-13(11)12;;/h1,3,5,7,11,13H,2,4,6,8-9H2;;. The molecule has 2 unspecified atom stereocenters. The average molecular weight is 180 g/mol. The summed E-state index contributed by atoms with van der Waals surface area (Å²) in [7, 11) is 0. The van der Waals surface area contributed by atoms with Gasteiger partial charge >= 0.3 is 18.9 Å². The van der Waals surface area contributed by atoms with Gasteiger partial charge in [-0.2, -0.15) is 0 Å². The van der Waals surface area contributed by atoms with Crippen LogP contribution in [0.4, 0.5) is 0 Å². The molecule has 1 heteroatoms. The van der Waals surface area contributed by atoms with Crippen molar-refractivity contribution in [1.29, 1.82) is 0 Å². The van der Waals surface area contributed by atoms with Gasteiger partial charge in [-0.15, -0.1) is 0 Å². The van der Waals surface area contributed by atoms with E-state index >= 15 is 0 Å². The first-order valence-corrected chi connectivity index (χ1v) is 5.53. The maximum atomic E-state index is 2.35. The molecule has 0 N–H and O–H groups in total. The van der Waals surface area contributed by atoms with E-state index in [0.29, 0.717) is 0 Å². The minimum Gasteiger partial charge on any atom is -0.0620 e. The van der Waals surface area contributed by atoms with Gasteiger partial charge in [-0.3, -0.25) is 0 Å². The fourth-order valence-electron chi connectivity index (χ4n) is 3.23. The molecule has 0 radical (unpaired) electrons. The van der Waals surface area contributed by atoms with Crippen molar-refractivity contribution in [1.82, 2.24) is 0 Å². The summed E-state index contributed by atoms with van der Waals surface area (Å²) in [6.07, 6.45) is 7.20. The molecule has 2 atom stereocenters. The predicted octanol–water partition coefficient (Wildman–Crippen LogP) is 2.87. The van der Waals surface area contributed by atoms with Gasteiger partial charge in [-0.25, -0.2) is 0 Å². The van der Waals surface area contributed by atoms with E-state index in [0.717, 1.165) is 11.8 Å². The molecule has 0 aromatic heterocycles. The normalized spacial score (nSPS) is 28.9. The van der Waals surface area contributed by atoms with E-state index < -0.39 is 0 Å². The first-order chi connectivity index (χ1) is 6.45. The molecule has 14 heavy (non-hydrogen) atoms. The molecule has 0 nitrogen and oxygen atoms in total. The summed E-state index contributed by atoms with van der Waals surface area (Å²) in [5, 5.41) is 0. The summed E-state index contributed by atoms with van der Waals surface area (Å²) in [5.74, 6) is 1.91. The van der Waals surface area contributed by atoms with Gasteiger partial charge in [0.25, 0.3) is 0 Å². The maximum Gasteiger partial charge on any atom is -0.0128 e. The van der Waals surface area contributed by atoms with Crippen LogP contribution in [0.3, 0.4) is 0 Å². The van der Waals surface area contributed by atoms with Crippen LogP contribution in [0.25, 0.3) is 0 Å². The van der Waals surface area contributed by atoms with Gasteiger partial charge in [-0.1, -0.05) is 37.1 Å². The van der Waals surface area contributed by atoms with Crippen LogP contribution in [0.1, 0.15) is 42.7 Å². The first kappa shape index (κ1) is 10.3. The zero-order valence-electron chi connectivity index (χ0n) is 8.00. The second-order valence-corrected chi connectivity index (χ2v) is 4.55. The van der Waals surface area contributed by atoms with Gasteiger partial charge in [-0.05, 0) is 42.2 Å². The zero-order valence-corrected chi connectivity index (χ0v) is 8.00. The Morgan fingerprint density at radius 2 is 1.79 bits per heavy atom. The summed E-state index contributed by atoms with van der Waals surface area (Å²) in [6.45, 7) is 0. The van der Waals surface area contributed by atoms with E-state index in [1.807, 2.05) is 0 Å². The molecule has 3 rings (SSSR count). The Hall–Kier alpha value is -0.183. The Balaban J connectivity index is 0.000000750. The quantitative estimate of drug-likeness (QED) is 0.538. The summed E-state index contributed by atoms with van der Waals surface area (Å²) < 4.78 is 0. The summed E-state index contributed by atoms with van der Waals surface area (Å²) in [5.41, 5.74) is 3.31. The summed E-state index contributed by atoms with van der Waals surface area (Å²) in [6, 6.07) is 9.07. The van der Waals surface area contributed by atoms with Gasteiger partial charge in [0.2, 0.25) is 0 Å². The van der Waals surface area contributed by atoms with Gasteiger partial charge in [0.05, 0.1) is 0 Å². The van der Waals surface area contributed by atoms with Crippen molar-refractivity contribution >= 4 is 18.9 Å². The molecule has 2 aliphatic rings. The molecule has 2 aliphatic carbocycles. The van der Waals surface area contributed by atoms with Crippen LogP contribution in [-0.4, -0.2) is 18.9 Å². The molecule has 0 bridgehead atoms. The molecule has 1 aromatic rings. The fraction of sp³-hybridized carbons (Fsp3) is 0.538. The van der Waals surface area contributed by atoms with Crippen LogP contribution in [0.2, 0.25) is 0 Å². The zero-order chi connectivity index (χ0) is 8.67. The third kappa shape index (κ3) is 1.56. The van der Waals surface area contributed by atoms with Crippen LogP contribution in [0.5, 0.6) is 0 Å². The van der Waals surface area contributed by atoms with Crippen LogP contribution in [0, 0.1) is 5.92 Å². The monoisotopic (exact) mass is 180 g/mol. The molecule has 0 aliphatic heterocycles. The Labute approximate surface area is 98.3 Å². The Morgan fingerprint density at radius 1 is 1.00 bits per heavy atom. The number of rotatable bonds is 0. The third-order valence-electron chi connectivity index (χ3n) is 3.85.